The van der Waals surface area contributed by atoms with E-state index in [-0.39, 0.29) is 6.04 Å². The third kappa shape index (κ3) is 2.47. The van der Waals surface area contributed by atoms with E-state index in [1.807, 2.05) is 28.8 Å². The van der Waals surface area contributed by atoms with Crippen molar-refractivity contribution < 1.29 is 0 Å². The minimum absolute atomic E-state index is 0.218. The van der Waals surface area contributed by atoms with E-state index in [2.05, 4.69) is 31.7 Å². The lowest BCUT2D eigenvalue weighted by molar-refractivity contribution is 0.222. The Morgan fingerprint density at radius 1 is 1.32 bits per heavy atom. The number of rotatable bonds is 5. The Morgan fingerprint density at radius 3 is 2.63 bits per heavy atom. The van der Waals surface area contributed by atoms with E-state index in [9.17, 15) is 0 Å². The summed E-state index contributed by atoms with van der Waals surface area (Å²) < 4.78 is 2.03. The largest absolute Gasteiger partial charge is 0.313 e. The van der Waals surface area contributed by atoms with Crippen molar-refractivity contribution in [3.63, 3.8) is 0 Å². The van der Waals surface area contributed by atoms with Crippen LogP contribution in [0.1, 0.15) is 32.6 Å². The highest BCUT2D eigenvalue weighted by atomic mass is 15.2. The number of para-hydroxylation sites is 2. The monoisotopic (exact) mass is 256 g/mol. The van der Waals surface area contributed by atoms with Gasteiger partial charge < -0.3 is 4.57 Å². The molecule has 0 N–H and O–H groups in total. The molecular weight excluding hydrogens is 236 g/mol. The van der Waals surface area contributed by atoms with Crippen LogP contribution in [0.5, 0.6) is 0 Å². The highest BCUT2D eigenvalue weighted by Gasteiger charge is 2.20. The predicted octanol–water partition coefficient (Wildman–Crippen LogP) is 2.96. The molecule has 0 radical (unpaired) electrons. The van der Waals surface area contributed by atoms with Gasteiger partial charge in [0, 0.05) is 0 Å². The number of benzene rings is 1. The SMILES string of the molecule is CCN(CC)C(C)c1nc2ccccc2n1CC#N. The molecule has 19 heavy (non-hydrogen) atoms. The second-order valence-electron chi connectivity index (χ2n) is 4.60. The molecule has 0 saturated heterocycles. The Hall–Kier alpha value is -1.86. The van der Waals surface area contributed by atoms with Gasteiger partial charge in [-0.1, -0.05) is 26.0 Å². The minimum atomic E-state index is 0.218. The molecule has 2 aromatic rings. The predicted molar refractivity (Wildman–Crippen MR) is 76.7 cm³/mol. The van der Waals surface area contributed by atoms with Crippen molar-refractivity contribution in [2.24, 2.45) is 0 Å². The Bertz CT molecular complexity index is 590. The van der Waals surface area contributed by atoms with Crippen LogP contribution in [0.3, 0.4) is 0 Å². The van der Waals surface area contributed by atoms with Gasteiger partial charge in [-0.05, 0) is 32.1 Å². The van der Waals surface area contributed by atoms with Crippen LogP contribution in [0.4, 0.5) is 0 Å². The van der Waals surface area contributed by atoms with E-state index in [0.29, 0.717) is 6.54 Å². The lowest BCUT2D eigenvalue weighted by Crippen LogP contribution is -2.28. The van der Waals surface area contributed by atoms with Gasteiger partial charge in [-0.3, -0.25) is 4.90 Å². The fourth-order valence-electron chi connectivity index (χ4n) is 2.58. The molecule has 0 fully saturated rings. The summed E-state index contributed by atoms with van der Waals surface area (Å²) in [5.41, 5.74) is 2.00. The molecule has 1 aromatic carbocycles. The quantitative estimate of drug-likeness (QED) is 0.826. The number of hydrogen-bond donors (Lipinski definition) is 0. The van der Waals surface area contributed by atoms with Crippen LogP contribution in [0.2, 0.25) is 0 Å². The number of fused-ring (bicyclic) bond motifs is 1. The average molecular weight is 256 g/mol. The number of nitrogens with zero attached hydrogens (tertiary/aromatic N) is 4. The first kappa shape index (κ1) is 13.6. The summed E-state index contributed by atoms with van der Waals surface area (Å²) in [5.74, 6) is 0.978. The van der Waals surface area contributed by atoms with E-state index in [4.69, 9.17) is 10.2 Å². The summed E-state index contributed by atoms with van der Waals surface area (Å²) in [6.45, 7) is 8.76. The van der Waals surface area contributed by atoms with Crippen LogP contribution in [0.25, 0.3) is 11.0 Å². The third-order valence-corrected chi connectivity index (χ3v) is 3.65. The van der Waals surface area contributed by atoms with Crippen LogP contribution in [0, 0.1) is 11.3 Å². The zero-order valence-corrected chi connectivity index (χ0v) is 11.8. The molecule has 1 heterocycles. The van der Waals surface area contributed by atoms with E-state index < -0.39 is 0 Å². The lowest BCUT2D eigenvalue weighted by Gasteiger charge is -2.26. The molecule has 1 aromatic heterocycles. The normalized spacial score (nSPS) is 12.8. The minimum Gasteiger partial charge on any atom is -0.313 e. The lowest BCUT2D eigenvalue weighted by atomic mass is 10.2. The van der Waals surface area contributed by atoms with Crippen molar-refractivity contribution in [1.82, 2.24) is 14.5 Å². The Kier molecular flexibility index (Phi) is 4.18. The highest BCUT2D eigenvalue weighted by Crippen LogP contribution is 2.24. The molecule has 0 aliphatic rings. The van der Waals surface area contributed by atoms with Gasteiger partial charge in [-0.2, -0.15) is 5.26 Å². The van der Waals surface area contributed by atoms with Crippen molar-refractivity contribution in [2.75, 3.05) is 13.1 Å². The summed E-state index contributed by atoms with van der Waals surface area (Å²) in [6, 6.07) is 10.5. The highest BCUT2D eigenvalue weighted by molar-refractivity contribution is 5.76. The topological polar surface area (TPSA) is 44.9 Å². The van der Waals surface area contributed by atoms with Crippen molar-refractivity contribution in [3.05, 3.63) is 30.1 Å². The molecule has 0 amide bonds. The Labute approximate surface area is 114 Å². The zero-order chi connectivity index (χ0) is 13.8. The molecule has 4 heteroatoms. The summed E-state index contributed by atoms with van der Waals surface area (Å²) in [7, 11) is 0. The number of hydrogen-bond acceptors (Lipinski definition) is 3. The van der Waals surface area contributed by atoms with E-state index in [1.165, 1.54) is 0 Å². The molecule has 0 saturated carbocycles. The maximum atomic E-state index is 9.04. The van der Waals surface area contributed by atoms with Crippen molar-refractivity contribution >= 4 is 11.0 Å². The smallest absolute Gasteiger partial charge is 0.127 e. The first-order valence-corrected chi connectivity index (χ1v) is 6.79. The summed E-state index contributed by atoms with van der Waals surface area (Å²) in [5, 5.41) is 9.04. The average Bonchev–Trinajstić information content (AvgIpc) is 2.80. The fourth-order valence-corrected chi connectivity index (χ4v) is 2.58. The van der Waals surface area contributed by atoms with Gasteiger partial charge in [0.25, 0.3) is 0 Å². The van der Waals surface area contributed by atoms with E-state index >= 15 is 0 Å². The standard InChI is InChI=1S/C15H20N4/c1-4-18(5-2)12(3)15-17-13-8-6-7-9-14(13)19(15)11-10-16/h6-9,12H,4-5,11H2,1-3H3. The summed E-state index contributed by atoms with van der Waals surface area (Å²) in [6.07, 6.45) is 0. The maximum absolute atomic E-state index is 9.04. The van der Waals surface area contributed by atoms with E-state index in [0.717, 1.165) is 29.9 Å². The van der Waals surface area contributed by atoms with Gasteiger partial charge >= 0.3 is 0 Å². The van der Waals surface area contributed by atoms with Crippen molar-refractivity contribution in [3.8, 4) is 6.07 Å². The second-order valence-corrected chi connectivity index (χ2v) is 4.60. The van der Waals surface area contributed by atoms with Crippen LogP contribution < -0.4 is 0 Å². The first-order valence-electron chi connectivity index (χ1n) is 6.79. The van der Waals surface area contributed by atoms with Crippen LogP contribution >= 0.6 is 0 Å². The molecule has 0 aliphatic heterocycles. The molecular formula is C15H20N4. The van der Waals surface area contributed by atoms with Crippen LogP contribution in [-0.2, 0) is 6.54 Å². The van der Waals surface area contributed by atoms with Gasteiger partial charge in [-0.15, -0.1) is 0 Å². The third-order valence-electron chi connectivity index (χ3n) is 3.65. The Balaban J connectivity index is 2.53. The summed E-state index contributed by atoms with van der Waals surface area (Å²) >= 11 is 0. The number of imidazole rings is 1. The molecule has 1 unspecified atom stereocenters. The number of aromatic nitrogens is 2. The van der Waals surface area contributed by atoms with Gasteiger partial charge in [0.2, 0.25) is 0 Å². The molecule has 1 atom stereocenters. The first-order chi connectivity index (χ1) is 9.22. The van der Waals surface area contributed by atoms with Crippen molar-refractivity contribution in [2.45, 2.75) is 33.4 Å². The summed E-state index contributed by atoms with van der Waals surface area (Å²) in [4.78, 5) is 7.06. The van der Waals surface area contributed by atoms with Gasteiger partial charge in [0.1, 0.15) is 12.4 Å². The molecule has 100 valence electrons. The second kappa shape index (κ2) is 5.85. The molecule has 2 rings (SSSR count). The fraction of sp³-hybridized carbons (Fsp3) is 0.467. The maximum Gasteiger partial charge on any atom is 0.127 e. The van der Waals surface area contributed by atoms with Gasteiger partial charge in [-0.25, -0.2) is 4.98 Å². The van der Waals surface area contributed by atoms with Crippen LogP contribution in [-0.4, -0.2) is 27.5 Å². The molecule has 0 bridgehead atoms. The van der Waals surface area contributed by atoms with Crippen LogP contribution in [0.15, 0.2) is 24.3 Å². The molecule has 0 aliphatic carbocycles. The molecule has 0 spiro atoms. The van der Waals surface area contributed by atoms with E-state index in [1.54, 1.807) is 0 Å². The van der Waals surface area contributed by atoms with Crippen molar-refractivity contribution in [1.29, 1.82) is 5.26 Å². The Morgan fingerprint density at radius 2 is 2.00 bits per heavy atom. The zero-order valence-electron chi connectivity index (χ0n) is 11.8. The van der Waals surface area contributed by atoms with Gasteiger partial charge in [0.05, 0.1) is 23.1 Å². The molecule has 4 nitrogen and oxygen atoms in total. The number of nitriles is 1. The van der Waals surface area contributed by atoms with Gasteiger partial charge in [0.15, 0.2) is 0 Å².